The number of nitrogens with one attached hydrogen (secondary N) is 2. The molecule has 0 saturated carbocycles. The molecule has 184 valence electrons. The number of ether oxygens (including phenoxy) is 1. The molecular formula is C26H33N7O2. The SMILES string of the molecule is CNC(C)C(=O)N(C)[C@@H](C)c1ccc(-c2[nH]nc(-c3cc(OC)c4ncnn4c3)c2C(C)C)cc1. The molecule has 0 radical (unpaired) electrons. The van der Waals surface area contributed by atoms with Gasteiger partial charge in [0.25, 0.3) is 0 Å². The van der Waals surface area contributed by atoms with Crippen LogP contribution in [-0.2, 0) is 4.79 Å². The number of aromatic amines is 1. The number of amides is 1. The van der Waals surface area contributed by atoms with E-state index in [4.69, 9.17) is 4.74 Å². The lowest BCUT2D eigenvalue weighted by Gasteiger charge is -2.28. The van der Waals surface area contributed by atoms with E-state index in [0.717, 1.165) is 33.6 Å². The Hall–Kier alpha value is -3.72. The Morgan fingerprint density at radius 2 is 1.86 bits per heavy atom. The summed E-state index contributed by atoms with van der Waals surface area (Å²) >= 11 is 0. The van der Waals surface area contributed by atoms with Crippen molar-refractivity contribution in [2.45, 2.75) is 45.7 Å². The highest BCUT2D eigenvalue weighted by Crippen LogP contribution is 2.37. The molecule has 1 unspecified atom stereocenters. The van der Waals surface area contributed by atoms with E-state index < -0.39 is 0 Å². The van der Waals surface area contributed by atoms with Crippen LogP contribution in [0.15, 0.2) is 42.9 Å². The van der Waals surface area contributed by atoms with Crippen molar-refractivity contribution in [3.63, 3.8) is 0 Å². The fraction of sp³-hybridized carbons (Fsp3) is 0.385. The molecule has 0 aliphatic rings. The number of hydrogen-bond donors (Lipinski definition) is 2. The highest BCUT2D eigenvalue weighted by atomic mass is 16.5. The van der Waals surface area contributed by atoms with Gasteiger partial charge in [0.05, 0.1) is 30.6 Å². The van der Waals surface area contributed by atoms with Crippen LogP contribution in [-0.4, -0.2) is 62.8 Å². The summed E-state index contributed by atoms with van der Waals surface area (Å²) in [5.41, 5.74) is 6.61. The zero-order chi connectivity index (χ0) is 25.3. The number of pyridine rings is 1. The lowest BCUT2D eigenvalue weighted by atomic mass is 9.93. The molecule has 0 aliphatic carbocycles. The summed E-state index contributed by atoms with van der Waals surface area (Å²) in [5, 5.41) is 15.2. The van der Waals surface area contributed by atoms with Crippen molar-refractivity contribution < 1.29 is 9.53 Å². The molecule has 2 atom stereocenters. The van der Waals surface area contributed by atoms with Gasteiger partial charge >= 0.3 is 0 Å². The average Bonchev–Trinajstić information content (AvgIpc) is 3.53. The maximum atomic E-state index is 12.6. The number of rotatable bonds is 8. The van der Waals surface area contributed by atoms with Gasteiger partial charge in [0, 0.05) is 24.4 Å². The number of carbonyl (C=O) groups excluding carboxylic acids is 1. The normalized spacial score (nSPS) is 13.3. The molecule has 0 saturated heterocycles. The number of aromatic nitrogens is 5. The van der Waals surface area contributed by atoms with E-state index in [1.54, 1.807) is 23.6 Å². The zero-order valence-corrected chi connectivity index (χ0v) is 21.3. The highest BCUT2D eigenvalue weighted by molar-refractivity contribution is 5.81. The average molecular weight is 476 g/mol. The first-order chi connectivity index (χ1) is 16.8. The summed E-state index contributed by atoms with van der Waals surface area (Å²) in [7, 11) is 5.26. The Bertz CT molecular complexity index is 1320. The van der Waals surface area contributed by atoms with Crippen molar-refractivity contribution in [2.24, 2.45) is 0 Å². The largest absolute Gasteiger partial charge is 0.493 e. The Labute approximate surface area is 205 Å². The molecule has 2 N–H and O–H groups in total. The van der Waals surface area contributed by atoms with Crippen LogP contribution in [0.3, 0.4) is 0 Å². The van der Waals surface area contributed by atoms with Gasteiger partial charge in [-0.3, -0.25) is 9.89 Å². The number of nitrogens with zero attached hydrogens (tertiary/aromatic N) is 5. The van der Waals surface area contributed by atoms with Gasteiger partial charge in [-0.15, -0.1) is 0 Å². The van der Waals surface area contributed by atoms with Crippen molar-refractivity contribution in [3.8, 4) is 28.3 Å². The molecular weight excluding hydrogens is 442 g/mol. The van der Waals surface area contributed by atoms with Gasteiger partial charge in [-0.2, -0.15) is 10.2 Å². The number of likely N-dealkylation sites (N-methyl/N-ethyl adjacent to an activating group) is 2. The van der Waals surface area contributed by atoms with Gasteiger partial charge in [-0.05, 0) is 44.0 Å². The second-order valence-electron chi connectivity index (χ2n) is 9.10. The second-order valence-corrected chi connectivity index (χ2v) is 9.10. The molecule has 3 heterocycles. The van der Waals surface area contributed by atoms with Crippen molar-refractivity contribution in [1.82, 2.24) is 35.0 Å². The molecule has 0 spiro atoms. The van der Waals surface area contributed by atoms with Gasteiger partial charge in [-0.1, -0.05) is 38.1 Å². The van der Waals surface area contributed by atoms with Crippen molar-refractivity contribution in [2.75, 3.05) is 21.2 Å². The van der Waals surface area contributed by atoms with E-state index in [9.17, 15) is 4.79 Å². The lowest BCUT2D eigenvalue weighted by molar-refractivity contribution is -0.133. The van der Waals surface area contributed by atoms with E-state index >= 15 is 0 Å². The molecule has 4 rings (SSSR count). The van der Waals surface area contributed by atoms with E-state index in [1.165, 1.54) is 6.33 Å². The van der Waals surface area contributed by atoms with Crippen molar-refractivity contribution in [3.05, 3.63) is 54.0 Å². The Morgan fingerprint density at radius 1 is 1.14 bits per heavy atom. The molecule has 0 aliphatic heterocycles. The summed E-state index contributed by atoms with van der Waals surface area (Å²) in [6.45, 7) is 8.22. The third kappa shape index (κ3) is 4.51. The predicted molar refractivity (Wildman–Crippen MR) is 136 cm³/mol. The number of hydrogen-bond acceptors (Lipinski definition) is 6. The molecule has 1 aromatic carbocycles. The molecule has 3 aromatic heterocycles. The van der Waals surface area contributed by atoms with Crippen LogP contribution in [0.4, 0.5) is 0 Å². The van der Waals surface area contributed by atoms with Gasteiger partial charge in [0.1, 0.15) is 6.33 Å². The van der Waals surface area contributed by atoms with Crippen LogP contribution in [0.25, 0.3) is 28.2 Å². The van der Waals surface area contributed by atoms with Crippen molar-refractivity contribution in [1.29, 1.82) is 0 Å². The lowest BCUT2D eigenvalue weighted by Crippen LogP contribution is -2.42. The fourth-order valence-electron chi connectivity index (χ4n) is 4.30. The summed E-state index contributed by atoms with van der Waals surface area (Å²) in [6.07, 6.45) is 3.42. The molecule has 35 heavy (non-hydrogen) atoms. The Morgan fingerprint density at radius 3 is 2.49 bits per heavy atom. The van der Waals surface area contributed by atoms with Gasteiger partial charge in [-0.25, -0.2) is 9.50 Å². The minimum absolute atomic E-state index is 0.0453. The Balaban J connectivity index is 1.69. The number of carbonyl (C=O) groups is 1. The zero-order valence-electron chi connectivity index (χ0n) is 21.3. The second kappa shape index (κ2) is 9.87. The quantitative estimate of drug-likeness (QED) is 0.399. The van der Waals surface area contributed by atoms with Crippen LogP contribution < -0.4 is 10.1 Å². The summed E-state index contributed by atoms with van der Waals surface area (Å²) in [4.78, 5) is 18.6. The number of fused-ring (bicyclic) bond motifs is 1. The minimum Gasteiger partial charge on any atom is -0.493 e. The molecule has 0 fully saturated rings. The van der Waals surface area contributed by atoms with Crippen LogP contribution in [0, 0.1) is 0 Å². The maximum Gasteiger partial charge on any atom is 0.239 e. The maximum absolute atomic E-state index is 12.6. The van der Waals surface area contributed by atoms with E-state index in [2.05, 4.69) is 63.7 Å². The summed E-state index contributed by atoms with van der Waals surface area (Å²) in [6, 6.07) is 9.97. The van der Waals surface area contributed by atoms with Crippen molar-refractivity contribution >= 4 is 11.6 Å². The third-order valence-electron chi connectivity index (χ3n) is 6.63. The topological polar surface area (TPSA) is 100 Å². The molecule has 9 heteroatoms. The van der Waals surface area contributed by atoms with Crippen LogP contribution in [0.2, 0.25) is 0 Å². The van der Waals surface area contributed by atoms with Gasteiger partial charge < -0.3 is 15.0 Å². The third-order valence-corrected chi connectivity index (χ3v) is 6.63. The van der Waals surface area contributed by atoms with Gasteiger partial charge in [0.15, 0.2) is 11.4 Å². The van der Waals surface area contributed by atoms with Crippen LogP contribution in [0.1, 0.15) is 50.8 Å². The first-order valence-corrected chi connectivity index (χ1v) is 11.8. The number of H-pyrrole nitrogens is 1. The summed E-state index contributed by atoms with van der Waals surface area (Å²) in [5.74, 6) is 0.926. The first-order valence-electron chi connectivity index (χ1n) is 11.8. The van der Waals surface area contributed by atoms with E-state index in [-0.39, 0.29) is 23.9 Å². The van der Waals surface area contributed by atoms with Gasteiger partial charge in [0.2, 0.25) is 5.91 Å². The monoisotopic (exact) mass is 475 g/mol. The van der Waals surface area contributed by atoms with E-state index in [0.29, 0.717) is 11.4 Å². The van der Waals surface area contributed by atoms with Crippen LogP contribution in [0.5, 0.6) is 5.75 Å². The minimum atomic E-state index is -0.228. The molecule has 0 bridgehead atoms. The molecule has 9 nitrogen and oxygen atoms in total. The number of methoxy groups -OCH3 is 1. The highest BCUT2D eigenvalue weighted by Gasteiger charge is 2.23. The van der Waals surface area contributed by atoms with E-state index in [1.807, 2.05) is 33.2 Å². The fourth-order valence-corrected chi connectivity index (χ4v) is 4.30. The standard InChI is InChI=1S/C26H33N7O2/c1-15(2)22-23(19-10-8-18(9-11-19)17(4)32(6)26(34)16(3)27-5)30-31-24(22)20-12-21(35-7)25-28-14-29-33(25)13-20/h8-17,27H,1-7H3,(H,30,31)/t16?,17-/m0/s1. The predicted octanol–water partition coefficient (Wildman–Crippen LogP) is 4.05. The molecule has 1 amide bonds. The first kappa shape index (κ1) is 24.4. The molecule has 4 aromatic rings. The smallest absolute Gasteiger partial charge is 0.239 e. The summed E-state index contributed by atoms with van der Waals surface area (Å²) < 4.78 is 7.24. The van der Waals surface area contributed by atoms with Crippen LogP contribution >= 0.6 is 0 Å². The Kier molecular flexibility index (Phi) is 6.88. The number of benzene rings is 1.